The number of rotatable bonds is 5. The Hall–Kier alpha value is -4.13. The highest BCUT2D eigenvalue weighted by atomic mass is 19.1. The van der Waals surface area contributed by atoms with Crippen molar-refractivity contribution < 1.29 is 28.9 Å². The molecule has 4 rings (SSSR count). The lowest BCUT2D eigenvalue weighted by Crippen LogP contribution is -2.29. The number of phenolic OH excluding ortho intramolecular Hbond substituents is 1. The summed E-state index contributed by atoms with van der Waals surface area (Å²) in [5, 5.41) is 21.0. The first kappa shape index (κ1) is 21.1. The smallest absolute Gasteiger partial charge is 0.295 e. The van der Waals surface area contributed by atoms with Gasteiger partial charge in [0.25, 0.3) is 11.7 Å². The van der Waals surface area contributed by atoms with Gasteiger partial charge >= 0.3 is 0 Å². The molecule has 3 aromatic rings. The lowest BCUT2D eigenvalue weighted by molar-refractivity contribution is -0.140. The molecule has 1 fully saturated rings. The van der Waals surface area contributed by atoms with Crippen LogP contribution < -0.4 is 4.74 Å². The number of Topliss-reactive ketones (excluding diaryl/α,β-unsaturated/α-hetero) is 1. The Kier molecular flexibility index (Phi) is 5.64. The number of hydrogen-bond acceptors (Lipinski definition) is 5. The molecular formula is C25H20FNO5. The number of likely N-dealkylation sites (tertiary alicyclic amines) is 1. The van der Waals surface area contributed by atoms with Crippen LogP contribution in [-0.2, 0) is 16.1 Å². The number of aliphatic hydroxyl groups is 1. The van der Waals surface area contributed by atoms with E-state index in [-0.39, 0.29) is 23.6 Å². The maximum atomic E-state index is 13.3. The molecule has 32 heavy (non-hydrogen) atoms. The molecule has 0 aromatic heterocycles. The lowest BCUT2D eigenvalue weighted by Gasteiger charge is -2.25. The molecular weight excluding hydrogens is 413 g/mol. The fourth-order valence-corrected chi connectivity index (χ4v) is 3.78. The number of ether oxygens (including phenoxy) is 1. The first-order valence-electron chi connectivity index (χ1n) is 9.85. The largest absolute Gasteiger partial charge is 0.508 e. The van der Waals surface area contributed by atoms with Crippen molar-refractivity contribution in [3.63, 3.8) is 0 Å². The Labute approximate surface area is 183 Å². The van der Waals surface area contributed by atoms with Crippen molar-refractivity contribution in [1.29, 1.82) is 0 Å². The van der Waals surface area contributed by atoms with Crippen LogP contribution in [0, 0.1) is 5.82 Å². The molecule has 0 spiro atoms. The van der Waals surface area contributed by atoms with Gasteiger partial charge in [0.15, 0.2) is 0 Å². The Balaban J connectivity index is 1.84. The van der Waals surface area contributed by atoms with E-state index in [1.807, 2.05) is 0 Å². The van der Waals surface area contributed by atoms with Gasteiger partial charge < -0.3 is 19.8 Å². The Morgan fingerprint density at radius 1 is 1.03 bits per heavy atom. The topological polar surface area (TPSA) is 87.1 Å². The van der Waals surface area contributed by atoms with Gasteiger partial charge in [-0.05, 0) is 59.7 Å². The van der Waals surface area contributed by atoms with Gasteiger partial charge in [-0.1, -0.05) is 24.3 Å². The average molecular weight is 433 g/mol. The summed E-state index contributed by atoms with van der Waals surface area (Å²) in [5.74, 6) is -1.85. The van der Waals surface area contributed by atoms with Crippen molar-refractivity contribution in [3.8, 4) is 11.5 Å². The van der Waals surface area contributed by atoms with Crippen molar-refractivity contribution >= 4 is 17.4 Å². The second-order valence-electron chi connectivity index (χ2n) is 7.38. The van der Waals surface area contributed by atoms with E-state index < -0.39 is 23.5 Å². The molecule has 6 nitrogen and oxygen atoms in total. The maximum Gasteiger partial charge on any atom is 0.295 e. The van der Waals surface area contributed by atoms with Crippen molar-refractivity contribution in [2.24, 2.45) is 0 Å². The number of hydrogen-bond donors (Lipinski definition) is 2. The molecule has 7 heteroatoms. The molecule has 1 unspecified atom stereocenters. The molecule has 2 N–H and O–H groups in total. The van der Waals surface area contributed by atoms with Crippen LogP contribution in [0.25, 0.3) is 5.76 Å². The number of ketones is 1. The number of nitrogens with zero attached hydrogens (tertiary/aromatic N) is 1. The molecule has 3 aromatic carbocycles. The third-order valence-electron chi connectivity index (χ3n) is 5.36. The van der Waals surface area contributed by atoms with E-state index in [2.05, 4.69) is 0 Å². The molecule has 162 valence electrons. The number of amides is 1. The summed E-state index contributed by atoms with van der Waals surface area (Å²) >= 11 is 0. The fraction of sp³-hybridized carbons (Fsp3) is 0.120. The minimum absolute atomic E-state index is 0.0184. The number of aliphatic hydroxyl groups excluding tert-OH is 1. The number of halogens is 1. The van der Waals surface area contributed by atoms with Gasteiger partial charge in [-0.2, -0.15) is 0 Å². The summed E-state index contributed by atoms with van der Waals surface area (Å²) < 4.78 is 18.4. The van der Waals surface area contributed by atoms with E-state index in [0.717, 1.165) is 0 Å². The zero-order valence-corrected chi connectivity index (χ0v) is 17.2. The molecule has 0 radical (unpaired) electrons. The first-order chi connectivity index (χ1) is 15.4. The van der Waals surface area contributed by atoms with Crippen molar-refractivity contribution in [3.05, 3.63) is 101 Å². The summed E-state index contributed by atoms with van der Waals surface area (Å²) in [6.07, 6.45) is 0. The van der Waals surface area contributed by atoms with Crippen molar-refractivity contribution in [2.75, 3.05) is 7.11 Å². The van der Waals surface area contributed by atoms with Crippen LogP contribution in [0.2, 0.25) is 0 Å². The van der Waals surface area contributed by atoms with E-state index in [0.29, 0.717) is 22.4 Å². The van der Waals surface area contributed by atoms with E-state index in [4.69, 9.17) is 4.74 Å². The highest BCUT2D eigenvalue weighted by Gasteiger charge is 2.46. The summed E-state index contributed by atoms with van der Waals surface area (Å²) in [6.45, 7) is 0.0184. The van der Waals surface area contributed by atoms with Gasteiger partial charge in [-0.3, -0.25) is 9.59 Å². The quantitative estimate of drug-likeness (QED) is 0.358. The molecule has 1 atom stereocenters. The predicted molar refractivity (Wildman–Crippen MR) is 115 cm³/mol. The third-order valence-corrected chi connectivity index (χ3v) is 5.36. The molecule has 0 bridgehead atoms. The molecule has 1 aliphatic rings. The van der Waals surface area contributed by atoms with Gasteiger partial charge in [-0.25, -0.2) is 4.39 Å². The van der Waals surface area contributed by atoms with Gasteiger partial charge in [0.05, 0.1) is 18.7 Å². The average Bonchev–Trinajstić information content (AvgIpc) is 3.05. The van der Waals surface area contributed by atoms with Gasteiger partial charge in [0, 0.05) is 12.1 Å². The van der Waals surface area contributed by atoms with Crippen LogP contribution in [0.4, 0.5) is 4.39 Å². The van der Waals surface area contributed by atoms with Crippen LogP contribution in [-0.4, -0.2) is 33.9 Å². The van der Waals surface area contributed by atoms with Crippen LogP contribution in [0.1, 0.15) is 22.7 Å². The van der Waals surface area contributed by atoms with Crippen LogP contribution in [0.3, 0.4) is 0 Å². The number of carbonyl (C=O) groups is 2. The van der Waals surface area contributed by atoms with Crippen LogP contribution in [0.5, 0.6) is 11.5 Å². The zero-order chi connectivity index (χ0) is 22.8. The SMILES string of the molecule is COc1ccc(/C(O)=C2/C(=O)C(=O)N(Cc3ccc(F)cc3)C2c2cccc(O)c2)cc1. The summed E-state index contributed by atoms with van der Waals surface area (Å²) in [6, 6.07) is 17.3. The second-order valence-corrected chi connectivity index (χ2v) is 7.38. The number of methoxy groups -OCH3 is 1. The molecule has 0 aliphatic carbocycles. The Morgan fingerprint density at radius 2 is 1.72 bits per heavy atom. The number of carbonyl (C=O) groups excluding carboxylic acids is 2. The second kappa shape index (κ2) is 8.55. The Bertz CT molecular complexity index is 1200. The normalized spacial score (nSPS) is 17.6. The summed E-state index contributed by atoms with van der Waals surface area (Å²) in [4.78, 5) is 27.3. The monoisotopic (exact) mass is 433 g/mol. The molecule has 1 saturated heterocycles. The van der Waals surface area contributed by atoms with Crippen molar-refractivity contribution in [2.45, 2.75) is 12.6 Å². The van der Waals surface area contributed by atoms with E-state index >= 15 is 0 Å². The van der Waals surface area contributed by atoms with E-state index in [9.17, 15) is 24.2 Å². The summed E-state index contributed by atoms with van der Waals surface area (Å²) in [5.41, 5.74) is 1.33. The molecule has 1 heterocycles. The van der Waals surface area contributed by atoms with Crippen molar-refractivity contribution in [1.82, 2.24) is 4.90 Å². The van der Waals surface area contributed by atoms with Crippen LogP contribution >= 0.6 is 0 Å². The molecule has 0 saturated carbocycles. The molecule has 1 aliphatic heterocycles. The molecule has 1 amide bonds. The van der Waals surface area contributed by atoms with Gasteiger partial charge in [0.2, 0.25) is 0 Å². The zero-order valence-electron chi connectivity index (χ0n) is 17.2. The standard InChI is InChI=1S/C25H20FNO5/c1-32-20-11-7-16(8-12-20)23(29)21-22(17-3-2-4-19(28)13-17)27(25(31)24(21)30)14-15-5-9-18(26)10-6-15/h2-13,22,28-29H,14H2,1H3/b23-21-. The fourth-order valence-electron chi connectivity index (χ4n) is 3.78. The van der Waals surface area contributed by atoms with Crippen LogP contribution in [0.15, 0.2) is 78.4 Å². The number of benzene rings is 3. The highest BCUT2D eigenvalue weighted by Crippen LogP contribution is 2.41. The first-order valence-corrected chi connectivity index (χ1v) is 9.85. The Morgan fingerprint density at radius 3 is 2.34 bits per heavy atom. The lowest BCUT2D eigenvalue weighted by atomic mass is 9.95. The highest BCUT2D eigenvalue weighted by molar-refractivity contribution is 6.46. The van der Waals surface area contributed by atoms with Gasteiger partial charge in [0.1, 0.15) is 23.1 Å². The third kappa shape index (κ3) is 3.92. The number of aromatic hydroxyl groups is 1. The minimum Gasteiger partial charge on any atom is -0.508 e. The summed E-state index contributed by atoms with van der Waals surface area (Å²) in [7, 11) is 1.51. The minimum atomic E-state index is -0.936. The maximum absolute atomic E-state index is 13.3. The van der Waals surface area contributed by atoms with E-state index in [1.54, 1.807) is 36.4 Å². The van der Waals surface area contributed by atoms with Gasteiger partial charge in [-0.15, -0.1) is 0 Å². The number of phenols is 1. The predicted octanol–water partition coefficient (Wildman–Crippen LogP) is 4.16. The van der Waals surface area contributed by atoms with E-state index in [1.165, 1.54) is 48.4 Å².